The lowest BCUT2D eigenvalue weighted by molar-refractivity contribution is 0.158. The molecule has 0 spiro atoms. The zero-order valence-electron chi connectivity index (χ0n) is 9.77. The molecule has 2 atom stereocenters. The van der Waals surface area contributed by atoms with Crippen LogP contribution in [0.3, 0.4) is 0 Å². The van der Waals surface area contributed by atoms with E-state index in [-0.39, 0.29) is 0 Å². The molecule has 1 fully saturated rings. The first-order chi connectivity index (χ1) is 7.90. The monoisotopic (exact) mass is 219 g/mol. The second kappa shape index (κ2) is 5.90. The lowest BCUT2D eigenvalue weighted by Gasteiger charge is -2.35. The van der Waals surface area contributed by atoms with Gasteiger partial charge in [0.05, 0.1) is 6.61 Å². The maximum atomic E-state index is 5.69. The van der Waals surface area contributed by atoms with Gasteiger partial charge in [0.1, 0.15) is 5.75 Å². The molecule has 1 aliphatic rings. The van der Waals surface area contributed by atoms with Gasteiger partial charge in [0.2, 0.25) is 0 Å². The van der Waals surface area contributed by atoms with Crippen LogP contribution in [0.2, 0.25) is 0 Å². The fourth-order valence-electron chi connectivity index (χ4n) is 2.38. The Bertz CT molecular complexity index is 297. The first-order valence-corrected chi connectivity index (χ1v) is 6.28. The second-order valence-corrected chi connectivity index (χ2v) is 4.64. The zero-order valence-corrected chi connectivity index (χ0v) is 9.77. The molecule has 1 aliphatic carbocycles. The van der Waals surface area contributed by atoms with Gasteiger partial charge in [-0.25, -0.2) is 0 Å². The zero-order chi connectivity index (χ0) is 11.2. The third kappa shape index (κ3) is 2.99. The first kappa shape index (κ1) is 11.5. The fourth-order valence-corrected chi connectivity index (χ4v) is 2.38. The maximum absolute atomic E-state index is 5.69. The van der Waals surface area contributed by atoms with Crippen molar-refractivity contribution in [1.82, 2.24) is 0 Å². The van der Waals surface area contributed by atoms with E-state index in [0.29, 0.717) is 0 Å². The van der Waals surface area contributed by atoms with Crippen molar-refractivity contribution in [2.45, 2.75) is 25.7 Å². The van der Waals surface area contributed by atoms with Crippen molar-refractivity contribution in [3.8, 4) is 5.75 Å². The predicted molar refractivity (Wildman–Crippen MR) is 66.4 cm³/mol. The van der Waals surface area contributed by atoms with E-state index < -0.39 is 0 Å². The molecule has 0 bridgehead atoms. The van der Waals surface area contributed by atoms with Crippen LogP contribution in [0.25, 0.3) is 0 Å². The minimum atomic E-state index is 0.789. The molecule has 2 rings (SSSR count). The standard InChI is InChI=1S/C14H21NO/c15-11-13-9-8-12(13)5-4-10-16-14-6-2-1-3-7-14/h1-3,6-7,12-13H,4-5,8-11,15H2. The molecule has 1 aromatic carbocycles. The third-order valence-corrected chi connectivity index (χ3v) is 3.61. The molecule has 0 aliphatic heterocycles. The summed E-state index contributed by atoms with van der Waals surface area (Å²) >= 11 is 0. The van der Waals surface area contributed by atoms with Crippen LogP contribution in [0, 0.1) is 11.8 Å². The Hall–Kier alpha value is -1.02. The largest absolute Gasteiger partial charge is 0.494 e. The normalized spacial score (nSPS) is 23.8. The fraction of sp³-hybridized carbons (Fsp3) is 0.571. The topological polar surface area (TPSA) is 35.2 Å². The number of nitrogens with two attached hydrogens (primary N) is 1. The summed E-state index contributed by atoms with van der Waals surface area (Å²) in [5, 5.41) is 0. The quantitative estimate of drug-likeness (QED) is 0.747. The SMILES string of the molecule is NCC1CCC1CCCOc1ccccc1. The molecule has 1 saturated carbocycles. The molecule has 0 radical (unpaired) electrons. The average molecular weight is 219 g/mol. The molecule has 16 heavy (non-hydrogen) atoms. The van der Waals surface area contributed by atoms with Crippen LogP contribution in [0.1, 0.15) is 25.7 Å². The van der Waals surface area contributed by atoms with E-state index in [0.717, 1.165) is 37.2 Å². The molecule has 0 amide bonds. The minimum absolute atomic E-state index is 0.789. The molecule has 0 aromatic heterocycles. The van der Waals surface area contributed by atoms with E-state index in [2.05, 4.69) is 0 Å². The average Bonchev–Trinajstić information content (AvgIpc) is 2.29. The molecule has 2 heteroatoms. The van der Waals surface area contributed by atoms with Crippen molar-refractivity contribution in [3.05, 3.63) is 30.3 Å². The highest BCUT2D eigenvalue weighted by Gasteiger charge is 2.28. The molecule has 2 unspecified atom stereocenters. The first-order valence-electron chi connectivity index (χ1n) is 6.28. The molecule has 2 nitrogen and oxygen atoms in total. The summed E-state index contributed by atoms with van der Waals surface area (Å²) in [7, 11) is 0. The Morgan fingerprint density at radius 1 is 1.12 bits per heavy atom. The Morgan fingerprint density at radius 3 is 2.50 bits per heavy atom. The predicted octanol–water partition coefficient (Wildman–Crippen LogP) is 2.83. The Labute approximate surface area is 97.8 Å². The smallest absolute Gasteiger partial charge is 0.119 e. The molecule has 88 valence electrons. The molecule has 1 aromatic rings. The number of hydrogen-bond donors (Lipinski definition) is 1. The summed E-state index contributed by atoms with van der Waals surface area (Å²) in [6.07, 6.45) is 5.12. The number of benzene rings is 1. The van der Waals surface area contributed by atoms with Crippen LogP contribution in [-0.2, 0) is 0 Å². The highest BCUT2D eigenvalue weighted by Crippen LogP contribution is 2.36. The number of para-hydroxylation sites is 1. The van der Waals surface area contributed by atoms with Crippen molar-refractivity contribution >= 4 is 0 Å². The number of hydrogen-bond acceptors (Lipinski definition) is 2. The summed E-state index contributed by atoms with van der Waals surface area (Å²) in [5.74, 6) is 2.63. The summed E-state index contributed by atoms with van der Waals surface area (Å²) in [6.45, 7) is 1.70. The van der Waals surface area contributed by atoms with Crippen molar-refractivity contribution in [2.24, 2.45) is 17.6 Å². The van der Waals surface area contributed by atoms with E-state index in [1.54, 1.807) is 0 Å². The summed E-state index contributed by atoms with van der Waals surface area (Å²) < 4.78 is 5.66. The number of rotatable bonds is 6. The lowest BCUT2D eigenvalue weighted by atomic mass is 9.71. The molecule has 0 saturated heterocycles. The number of ether oxygens (including phenoxy) is 1. The summed E-state index contributed by atoms with van der Waals surface area (Å²) in [5.41, 5.74) is 5.69. The van der Waals surface area contributed by atoms with Gasteiger partial charge in [0.25, 0.3) is 0 Å². The maximum Gasteiger partial charge on any atom is 0.119 e. The van der Waals surface area contributed by atoms with Crippen LogP contribution in [0.4, 0.5) is 0 Å². The Kier molecular flexibility index (Phi) is 4.23. The van der Waals surface area contributed by atoms with Crippen LogP contribution < -0.4 is 10.5 Å². The van der Waals surface area contributed by atoms with E-state index in [4.69, 9.17) is 10.5 Å². The lowest BCUT2D eigenvalue weighted by Crippen LogP contribution is -2.32. The van der Waals surface area contributed by atoms with Crippen molar-refractivity contribution in [3.63, 3.8) is 0 Å². The van der Waals surface area contributed by atoms with Crippen LogP contribution in [-0.4, -0.2) is 13.2 Å². The summed E-state index contributed by atoms with van der Waals surface area (Å²) in [4.78, 5) is 0. The molecular weight excluding hydrogens is 198 g/mol. The molecule has 2 N–H and O–H groups in total. The van der Waals surface area contributed by atoms with Gasteiger partial charge in [-0.15, -0.1) is 0 Å². The van der Waals surface area contributed by atoms with Crippen LogP contribution in [0.5, 0.6) is 5.75 Å². The van der Waals surface area contributed by atoms with E-state index >= 15 is 0 Å². The minimum Gasteiger partial charge on any atom is -0.494 e. The van der Waals surface area contributed by atoms with Gasteiger partial charge in [-0.2, -0.15) is 0 Å². The van der Waals surface area contributed by atoms with Gasteiger partial charge in [-0.3, -0.25) is 0 Å². The van der Waals surface area contributed by atoms with E-state index in [1.807, 2.05) is 30.3 Å². The van der Waals surface area contributed by atoms with Gasteiger partial charge in [-0.1, -0.05) is 18.2 Å². The van der Waals surface area contributed by atoms with Crippen molar-refractivity contribution in [2.75, 3.05) is 13.2 Å². The molecular formula is C14H21NO. The van der Waals surface area contributed by atoms with Gasteiger partial charge in [0, 0.05) is 0 Å². The van der Waals surface area contributed by atoms with Crippen LogP contribution in [0.15, 0.2) is 30.3 Å². The van der Waals surface area contributed by atoms with Gasteiger partial charge in [-0.05, 0) is 56.2 Å². The Balaban J connectivity index is 1.59. The van der Waals surface area contributed by atoms with Gasteiger partial charge < -0.3 is 10.5 Å². The van der Waals surface area contributed by atoms with Crippen molar-refractivity contribution in [1.29, 1.82) is 0 Å². The third-order valence-electron chi connectivity index (χ3n) is 3.61. The Morgan fingerprint density at radius 2 is 1.88 bits per heavy atom. The van der Waals surface area contributed by atoms with Crippen LogP contribution >= 0.6 is 0 Å². The van der Waals surface area contributed by atoms with Gasteiger partial charge >= 0.3 is 0 Å². The van der Waals surface area contributed by atoms with Gasteiger partial charge in [0.15, 0.2) is 0 Å². The van der Waals surface area contributed by atoms with Crippen molar-refractivity contribution < 1.29 is 4.74 Å². The highest BCUT2D eigenvalue weighted by atomic mass is 16.5. The highest BCUT2D eigenvalue weighted by molar-refractivity contribution is 5.20. The van der Waals surface area contributed by atoms with E-state index in [9.17, 15) is 0 Å². The second-order valence-electron chi connectivity index (χ2n) is 4.64. The summed E-state index contributed by atoms with van der Waals surface area (Å²) in [6, 6.07) is 10.0. The molecule has 0 heterocycles. The van der Waals surface area contributed by atoms with E-state index in [1.165, 1.54) is 19.3 Å².